The quantitative estimate of drug-likeness (QED) is 0.861. The maximum atomic E-state index is 12.0. The van der Waals surface area contributed by atoms with Gasteiger partial charge in [-0.15, -0.1) is 0 Å². The van der Waals surface area contributed by atoms with Crippen molar-refractivity contribution in [2.45, 2.75) is 13.5 Å². The first kappa shape index (κ1) is 14.6. The zero-order chi connectivity index (χ0) is 15.2. The topological polar surface area (TPSA) is 81.2 Å². The Balaban J connectivity index is 1.99. The predicted octanol–water partition coefficient (Wildman–Crippen LogP) is 1.50. The Morgan fingerprint density at radius 3 is 2.43 bits per heavy atom. The summed E-state index contributed by atoms with van der Waals surface area (Å²) in [6, 6.07) is 8.00. The molecule has 0 spiro atoms. The Hall–Kier alpha value is -2.76. The van der Waals surface area contributed by atoms with Crippen molar-refractivity contribution in [1.82, 2.24) is 15.3 Å². The molecule has 0 aliphatic heterocycles. The molecule has 1 aromatic carbocycles. The minimum absolute atomic E-state index is 0.234. The standard InChI is InChI=1S/C15H15N3O3/c1-10-16-8-7-13(18-10)9-17-14(19)11-3-5-12(6-4-11)15(20)21-2/h3-8H,9H2,1-2H3,(H,17,19). The molecule has 0 aliphatic rings. The van der Waals surface area contributed by atoms with Crippen LogP contribution in [0.5, 0.6) is 0 Å². The number of esters is 1. The van der Waals surface area contributed by atoms with Gasteiger partial charge >= 0.3 is 5.97 Å². The van der Waals surface area contributed by atoms with E-state index >= 15 is 0 Å². The molecule has 1 amide bonds. The normalized spacial score (nSPS) is 10.0. The largest absolute Gasteiger partial charge is 0.465 e. The molecule has 2 rings (SSSR count). The van der Waals surface area contributed by atoms with Crippen LogP contribution in [0.15, 0.2) is 36.5 Å². The van der Waals surface area contributed by atoms with Crippen LogP contribution >= 0.6 is 0 Å². The summed E-state index contributed by atoms with van der Waals surface area (Å²) < 4.78 is 4.60. The third kappa shape index (κ3) is 3.85. The molecule has 6 nitrogen and oxygen atoms in total. The van der Waals surface area contributed by atoms with E-state index in [1.165, 1.54) is 7.11 Å². The van der Waals surface area contributed by atoms with Gasteiger partial charge in [-0.25, -0.2) is 14.8 Å². The van der Waals surface area contributed by atoms with Crippen LogP contribution in [0.3, 0.4) is 0 Å². The summed E-state index contributed by atoms with van der Waals surface area (Å²) in [5.41, 5.74) is 1.61. The van der Waals surface area contributed by atoms with Crippen LogP contribution in [0.4, 0.5) is 0 Å². The summed E-state index contributed by atoms with van der Waals surface area (Å²) in [4.78, 5) is 31.5. The zero-order valence-electron chi connectivity index (χ0n) is 11.8. The molecular weight excluding hydrogens is 270 g/mol. The Bertz CT molecular complexity index is 653. The van der Waals surface area contributed by atoms with Crippen molar-refractivity contribution < 1.29 is 14.3 Å². The van der Waals surface area contributed by atoms with Crippen LogP contribution in [0.1, 0.15) is 32.2 Å². The Kier molecular flexibility index (Phi) is 4.61. The zero-order valence-corrected chi connectivity index (χ0v) is 11.8. The number of ether oxygens (including phenoxy) is 1. The second kappa shape index (κ2) is 6.60. The summed E-state index contributed by atoms with van der Waals surface area (Å²) in [6.07, 6.45) is 1.65. The van der Waals surface area contributed by atoms with Crippen molar-refractivity contribution in [2.75, 3.05) is 7.11 Å². The highest BCUT2D eigenvalue weighted by Gasteiger charge is 2.09. The molecule has 2 aromatic rings. The monoisotopic (exact) mass is 285 g/mol. The maximum absolute atomic E-state index is 12.0. The summed E-state index contributed by atoms with van der Waals surface area (Å²) in [5, 5.41) is 2.76. The number of nitrogens with one attached hydrogen (secondary N) is 1. The summed E-state index contributed by atoms with van der Waals surface area (Å²) in [6.45, 7) is 2.11. The van der Waals surface area contributed by atoms with E-state index in [0.29, 0.717) is 23.5 Å². The van der Waals surface area contributed by atoms with Crippen molar-refractivity contribution in [3.05, 3.63) is 59.2 Å². The number of nitrogens with zero attached hydrogens (tertiary/aromatic N) is 2. The molecule has 108 valence electrons. The molecule has 1 N–H and O–H groups in total. The van der Waals surface area contributed by atoms with Crippen LogP contribution in [-0.2, 0) is 11.3 Å². The molecule has 0 unspecified atom stereocenters. The third-order valence-corrected chi connectivity index (χ3v) is 2.83. The van der Waals surface area contributed by atoms with Gasteiger partial charge in [0, 0.05) is 11.8 Å². The summed E-state index contributed by atoms with van der Waals surface area (Å²) in [7, 11) is 1.31. The number of amides is 1. The lowest BCUT2D eigenvalue weighted by molar-refractivity contribution is 0.0600. The average molecular weight is 285 g/mol. The number of carbonyl (C=O) groups is 2. The molecule has 0 saturated carbocycles. The number of aryl methyl sites for hydroxylation is 1. The lowest BCUT2D eigenvalue weighted by Gasteiger charge is -2.06. The first-order valence-corrected chi connectivity index (χ1v) is 6.35. The molecular formula is C15H15N3O3. The van der Waals surface area contributed by atoms with E-state index in [2.05, 4.69) is 20.0 Å². The Morgan fingerprint density at radius 1 is 1.14 bits per heavy atom. The molecule has 1 aromatic heterocycles. The van der Waals surface area contributed by atoms with Gasteiger partial charge in [0.15, 0.2) is 0 Å². The first-order chi connectivity index (χ1) is 10.1. The molecule has 1 heterocycles. The van der Waals surface area contributed by atoms with Crippen LogP contribution in [0, 0.1) is 6.92 Å². The minimum Gasteiger partial charge on any atom is -0.465 e. The summed E-state index contributed by atoms with van der Waals surface area (Å²) >= 11 is 0. The molecule has 0 atom stereocenters. The highest BCUT2D eigenvalue weighted by atomic mass is 16.5. The van der Waals surface area contributed by atoms with Gasteiger partial charge in [-0.3, -0.25) is 4.79 Å². The fraction of sp³-hybridized carbons (Fsp3) is 0.200. The number of hydrogen-bond acceptors (Lipinski definition) is 5. The number of benzene rings is 1. The molecule has 0 bridgehead atoms. The van der Waals surface area contributed by atoms with Gasteiger partial charge in [0.05, 0.1) is 24.9 Å². The van der Waals surface area contributed by atoms with Gasteiger partial charge in [-0.05, 0) is 37.3 Å². The fourth-order valence-corrected chi connectivity index (χ4v) is 1.75. The predicted molar refractivity (Wildman–Crippen MR) is 75.7 cm³/mol. The molecule has 21 heavy (non-hydrogen) atoms. The second-order valence-electron chi connectivity index (χ2n) is 4.35. The van der Waals surface area contributed by atoms with Gasteiger partial charge in [-0.1, -0.05) is 0 Å². The van der Waals surface area contributed by atoms with Gasteiger partial charge in [0.25, 0.3) is 5.91 Å². The van der Waals surface area contributed by atoms with Gasteiger partial charge in [0.1, 0.15) is 5.82 Å². The van der Waals surface area contributed by atoms with E-state index in [0.717, 1.165) is 5.69 Å². The Labute approximate surface area is 122 Å². The van der Waals surface area contributed by atoms with Crippen LogP contribution in [-0.4, -0.2) is 29.0 Å². The molecule has 0 fully saturated rings. The number of aromatic nitrogens is 2. The third-order valence-electron chi connectivity index (χ3n) is 2.83. The van der Waals surface area contributed by atoms with E-state index in [9.17, 15) is 9.59 Å². The smallest absolute Gasteiger partial charge is 0.337 e. The van der Waals surface area contributed by atoms with Crippen LogP contribution < -0.4 is 5.32 Å². The lowest BCUT2D eigenvalue weighted by Crippen LogP contribution is -2.23. The molecule has 0 saturated heterocycles. The fourth-order valence-electron chi connectivity index (χ4n) is 1.75. The maximum Gasteiger partial charge on any atom is 0.337 e. The van der Waals surface area contributed by atoms with Gasteiger partial charge < -0.3 is 10.1 Å². The highest BCUT2D eigenvalue weighted by Crippen LogP contribution is 2.06. The average Bonchev–Trinajstić information content (AvgIpc) is 2.52. The summed E-state index contributed by atoms with van der Waals surface area (Å²) in [5.74, 6) is -0.00900. The van der Waals surface area contributed by atoms with Crippen molar-refractivity contribution in [3.8, 4) is 0 Å². The Morgan fingerprint density at radius 2 is 1.81 bits per heavy atom. The molecule has 0 radical (unpaired) electrons. The molecule has 0 aliphatic carbocycles. The van der Waals surface area contributed by atoms with E-state index in [-0.39, 0.29) is 5.91 Å². The van der Waals surface area contributed by atoms with E-state index in [1.807, 2.05) is 0 Å². The van der Waals surface area contributed by atoms with Gasteiger partial charge in [-0.2, -0.15) is 0 Å². The number of rotatable bonds is 4. The number of carbonyl (C=O) groups excluding carboxylic acids is 2. The van der Waals surface area contributed by atoms with E-state index in [1.54, 1.807) is 43.5 Å². The van der Waals surface area contributed by atoms with Crippen molar-refractivity contribution in [3.63, 3.8) is 0 Å². The van der Waals surface area contributed by atoms with Gasteiger partial charge in [0.2, 0.25) is 0 Å². The highest BCUT2D eigenvalue weighted by molar-refractivity contribution is 5.96. The number of methoxy groups -OCH3 is 1. The lowest BCUT2D eigenvalue weighted by atomic mass is 10.1. The van der Waals surface area contributed by atoms with Crippen molar-refractivity contribution >= 4 is 11.9 Å². The minimum atomic E-state index is -0.432. The van der Waals surface area contributed by atoms with Crippen molar-refractivity contribution in [1.29, 1.82) is 0 Å². The second-order valence-corrected chi connectivity index (χ2v) is 4.35. The van der Waals surface area contributed by atoms with E-state index < -0.39 is 5.97 Å². The SMILES string of the molecule is COC(=O)c1ccc(C(=O)NCc2ccnc(C)n2)cc1. The van der Waals surface area contributed by atoms with E-state index in [4.69, 9.17) is 0 Å². The first-order valence-electron chi connectivity index (χ1n) is 6.35. The van der Waals surface area contributed by atoms with Crippen molar-refractivity contribution in [2.24, 2.45) is 0 Å². The van der Waals surface area contributed by atoms with Crippen LogP contribution in [0.25, 0.3) is 0 Å². The van der Waals surface area contributed by atoms with Crippen LogP contribution in [0.2, 0.25) is 0 Å². The number of hydrogen-bond donors (Lipinski definition) is 1. The molecule has 6 heteroatoms.